The third-order valence-electron chi connectivity index (χ3n) is 6.97. The number of rotatable bonds is 7. The SMILES string of the molecule is C=CCN1CCOc2cc(C)c(-c3c(C(OC(C)(C)C)C(=O)OC)c(C)nc4cc(-c5cccc(Br)c5)nn34)cc21. The Labute approximate surface area is 249 Å². The number of methoxy groups -OCH3 is 1. The Morgan fingerprint density at radius 1 is 1.22 bits per heavy atom. The standard InChI is InChI=1S/C32H35BrN4O4/c1-8-12-36-13-14-40-26-15-19(2)23(17-25(26)36)29-28(30(31(38)39-7)41-32(4,5)6)20(3)34-27-18-24(35-37(27)29)21-10-9-11-22(33)16-21/h8-11,15-18,30H,1,12-14H2,2-7H3. The van der Waals surface area contributed by atoms with E-state index in [1.165, 1.54) is 7.11 Å². The lowest BCUT2D eigenvalue weighted by atomic mass is 9.95. The van der Waals surface area contributed by atoms with Crippen LogP contribution in [-0.4, -0.2) is 53.0 Å². The number of hydrogen-bond acceptors (Lipinski definition) is 7. The van der Waals surface area contributed by atoms with Crippen LogP contribution in [0.15, 0.2) is 59.6 Å². The molecule has 0 bridgehead atoms. The largest absolute Gasteiger partial charge is 0.490 e. The number of ether oxygens (including phenoxy) is 3. The van der Waals surface area contributed by atoms with Crippen LogP contribution in [-0.2, 0) is 14.3 Å². The summed E-state index contributed by atoms with van der Waals surface area (Å²) in [5, 5.41) is 5.04. The van der Waals surface area contributed by atoms with Gasteiger partial charge in [0.05, 0.1) is 36.3 Å². The van der Waals surface area contributed by atoms with Gasteiger partial charge < -0.3 is 19.1 Å². The van der Waals surface area contributed by atoms with Gasteiger partial charge >= 0.3 is 5.97 Å². The number of aryl methyl sites for hydroxylation is 2. The summed E-state index contributed by atoms with van der Waals surface area (Å²) in [7, 11) is 1.37. The number of fused-ring (bicyclic) bond motifs is 2. The van der Waals surface area contributed by atoms with E-state index in [0.717, 1.165) is 50.5 Å². The molecule has 2 aromatic carbocycles. The molecule has 3 heterocycles. The fourth-order valence-corrected chi connectivity index (χ4v) is 5.60. The van der Waals surface area contributed by atoms with Crippen LogP contribution in [0.2, 0.25) is 0 Å². The van der Waals surface area contributed by atoms with E-state index < -0.39 is 17.7 Å². The van der Waals surface area contributed by atoms with Crippen LogP contribution in [0.1, 0.15) is 43.7 Å². The molecule has 0 spiro atoms. The molecule has 8 nitrogen and oxygen atoms in total. The van der Waals surface area contributed by atoms with Crippen molar-refractivity contribution in [2.24, 2.45) is 0 Å². The molecule has 4 aromatic rings. The molecule has 214 valence electrons. The molecule has 5 rings (SSSR count). The molecule has 2 aromatic heterocycles. The van der Waals surface area contributed by atoms with Gasteiger partial charge in [-0.1, -0.05) is 34.1 Å². The van der Waals surface area contributed by atoms with Crippen molar-refractivity contribution in [3.05, 3.63) is 76.4 Å². The molecule has 1 atom stereocenters. The molecule has 41 heavy (non-hydrogen) atoms. The minimum atomic E-state index is -1.03. The van der Waals surface area contributed by atoms with Crippen molar-refractivity contribution in [1.29, 1.82) is 0 Å². The van der Waals surface area contributed by atoms with Gasteiger partial charge in [0.15, 0.2) is 11.8 Å². The molecule has 0 radical (unpaired) electrons. The number of benzene rings is 2. The second kappa shape index (κ2) is 11.3. The zero-order valence-electron chi connectivity index (χ0n) is 24.3. The van der Waals surface area contributed by atoms with E-state index in [4.69, 9.17) is 24.3 Å². The van der Waals surface area contributed by atoms with Crippen LogP contribution in [0.3, 0.4) is 0 Å². The number of carbonyl (C=O) groups is 1. The van der Waals surface area contributed by atoms with Gasteiger partial charge in [-0.05, 0) is 64.4 Å². The fourth-order valence-electron chi connectivity index (χ4n) is 5.20. The second-order valence-corrected chi connectivity index (χ2v) is 12.0. The monoisotopic (exact) mass is 618 g/mol. The van der Waals surface area contributed by atoms with Crippen molar-refractivity contribution in [1.82, 2.24) is 14.6 Å². The van der Waals surface area contributed by atoms with Gasteiger partial charge in [0.2, 0.25) is 0 Å². The predicted octanol–water partition coefficient (Wildman–Crippen LogP) is 6.86. The van der Waals surface area contributed by atoms with Crippen LogP contribution < -0.4 is 9.64 Å². The van der Waals surface area contributed by atoms with E-state index in [0.29, 0.717) is 30.1 Å². The first-order valence-corrected chi connectivity index (χ1v) is 14.4. The Hall–Kier alpha value is -3.69. The average Bonchev–Trinajstić information content (AvgIpc) is 3.34. The van der Waals surface area contributed by atoms with Crippen LogP contribution >= 0.6 is 15.9 Å². The lowest BCUT2D eigenvalue weighted by molar-refractivity contribution is -0.164. The zero-order valence-corrected chi connectivity index (χ0v) is 25.9. The summed E-state index contributed by atoms with van der Waals surface area (Å²) in [6.07, 6.45) is 0.859. The minimum Gasteiger partial charge on any atom is -0.490 e. The molecule has 1 unspecified atom stereocenters. The molecular formula is C32H35BrN4O4. The molecule has 1 aliphatic heterocycles. The summed E-state index contributed by atoms with van der Waals surface area (Å²) in [5.74, 6) is 0.311. The highest BCUT2D eigenvalue weighted by molar-refractivity contribution is 9.10. The molecule has 0 amide bonds. The van der Waals surface area contributed by atoms with Crippen LogP contribution in [0.5, 0.6) is 5.75 Å². The van der Waals surface area contributed by atoms with Gasteiger partial charge in [-0.25, -0.2) is 14.3 Å². The Balaban J connectivity index is 1.85. The summed E-state index contributed by atoms with van der Waals surface area (Å²) >= 11 is 3.57. The minimum absolute atomic E-state index is 0.503. The Bertz CT molecular complexity index is 1640. The maximum absolute atomic E-state index is 13.3. The normalized spacial score (nSPS) is 14.0. The summed E-state index contributed by atoms with van der Waals surface area (Å²) in [6.45, 7) is 15.6. The van der Waals surface area contributed by atoms with Gasteiger partial charge in [0, 0.05) is 39.5 Å². The van der Waals surface area contributed by atoms with Gasteiger partial charge in [0.1, 0.15) is 12.4 Å². The first-order chi connectivity index (χ1) is 19.5. The molecule has 1 aliphatic rings. The number of esters is 1. The quantitative estimate of drug-likeness (QED) is 0.165. The van der Waals surface area contributed by atoms with Gasteiger partial charge in [-0.2, -0.15) is 5.10 Å². The highest BCUT2D eigenvalue weighted by Crippen LogP contribution is 2.42. The van der Waals surface area contributed by atoms with Gasteiger partial charge in [-0.3, -0.25) is 0 Å². The zero-order chi connectivity index (χ0) is 29.5. The highest BCUT2D eigenvalue weighted by atomic mass is 79.9. The number of nitrogens with zero attached hydrogens (tertiary/aromatic N) is 4. The summed E-state index contributed by atoms with van der Waals surface area (Å²) in [6, 6.07) is 14.1. The molecule has 0 N–H and O–H groups in total. The van der Waals surface area contributed by atoms with Crippen molar-refractivity contribution < 1.29 is 19.0 Å². The number of halogens is 1. The fraction of sp³-hybridized carbons (Fsp3) is 0.344. The Morgan fingerprint density at radius 3 is 2.68 bits per heavy atom. The summed E-state index contributed by atoms with van der Waals surface area (Å²) < 4.78 is 20.5. The third kappa shape index (κ3) is 5.74. The molecule has 0 saturated carbocycles. The molecule has 9 heteroatoms. The summed E-state index contributed by atoms with van der Waals surface area (Å²) in [4.78, 5) is 20.5. The van der Waals surface area contributed by atoms with E-state index in [1.54, 1.807) is 0 Å². The maximum Gasteiger partial charge on any atom is 0.339 e. The van der Waals surface area contributed by atoms with Crippen molar-refractivity contribution in [2.45, 2.75) is 46.3 Å². The van der Waals surface area contributed by atoms with Crippen molar-refractivity contribution in [2.75, 3.05) is 31.7 Å². The van der Waals surface area contributed by atoms with Crippen LogP contribution in [0, 0.1) is 13.8 Å². The molecule has 0 aliphatic carbocycles. The van der Waals surface area contributed by atoms with Crippen molar-refractivity contribution >= 4 is 33.2 Å². The molecule has 0 saturated heterocycles. The van der Waals surface area contributed by atoms with E-state index in [1.807, 2.05) is 81.6 Å². The predicted molar refractivity (Wildman–Crippen MR) is 165 cm³/mol. The Morgan fingerprint density at radius 2 is 2.00 bits per heavy atom. The summed E-state index contributed by atoms with van der Waals surface area (Å²) in [5.41, 5.74) is 6.53. The van der Waals surface area contributed by atoms with Crippen molar-refractivity contribution in [3.63, 3.8) is 0 Å². The first-order valence-electron chi connectivity index (χ1n) is 13.6. The smallest absolute Gasteiger partial charge is 0.339 e. The highest BCUT2D eigenvalue weighted by Gasteiger charge is 2.35. The maximum atomic E-state index is 13.3. The number of aromatic nitrogens is 3. The van der Waals surface area contributed by atoms with Crippen LogP contribution in [0.25, 0.3) is 28.2 Å². The lowest BCUT2D eigenvalue weighted by Crippen LogP contribution is -2.33. The van der Waals surface area contributed by atoms with Gasteiger partial charge in [-0.15, -0.1) is 6.58 Å². The average molecular weight is 620 g/mol. The van der Waals surface area contributed by atoms with Crippen molar-refractivity contribution in [3.8, 4) is 28.3 Å². The lowest BCUT2D eigenvalue weighted by Gasteiger charge is -2.32. The van der Waals surface area contributed by atoms with E-state index in [9.17, 15) is 4.79 Å². The topological polar surface area (TPSA) is 78.2 Å². The molecular weight excluding hydrogens is 584 g/mol. The van der Waals surface area contributed by atoms with E-state index >= 15 is 0 Å². The van der Waals surface area contributed by atoms with E-state index in [-0.39, 0.29) is 0 Å². The van der Waals surface area contributed by atoms with Gasteiger partial charge in [0.25, 0.3) is 0 Å². The Kier molecular flexibility index (Phi) is 7.94. The molecule has 0 fully saturated rings. The third-order valence-corrected chi connectivity index (χ3v) is 7.46. The second-order valence-electron chi connectivity index (χ2n) is 11.1. The van der Waals surface area contributed by atoms with Crippen LogP contribution in [0.4, 0.5) is 5.69 Å². The number of anilines is 1. The number of hydrogen-bond donors (Lipinski definition) is 0. The van der Waals surface area contributed by atoms with E-state index in [2.05, 4.69) is 33.5 Å². The first kappa shape index (κ1) is 28.8. The number of carbonyl (C=O) groups excluding carboxylic acids is 1.